The van der Waals surface area contributed by atoms with Gasteiger partial charge in [-0.15, -0.1) is 0 Å². The van der Waals surface area contributed by atoms with Crippen LogP contribution in [0, 0.1) is 5.82 Å². The van der Waals surface area contributed by atoms with Gasteiger partial charge in [-0.3, -0.25) is 10.3 Å². The summed E-state index contributed by atoms with van der Waals surface area (Å²) in [6, 6.07) is 17.5. The fraction of sp³-hybridized carbons (Fsp3) is 0.240. The first-order chi connectivity index (χ1) is 15.5. The molecule has 0 saturated heterocycles. The number of aliphatic imine (C=N–C) groups is 1. The Morgan fingerprint density at radius 1 is 1.12 bits per heavy atom. The first kappa shape index (κ1) is 22.3. The van der Waals surface area contributed by atoms with E-state index in [-0.39, 0.29) is 17.6 Å². The van der Waals surface area contributed by atoms with E-state index in [1.54, 1.807) is 25.3 Å². The fourth-order valence-electron chi connectivity index (χ4n) is 3.84. The number of rotatable bonds is 6. The number of nitrogens with one attached hydrogen (secondary N) is 1. The molecular formula is C25H24BrFN2O3. The molecule has 4 rings (SSSR count). The van der Waals surface area contributed by atoms with Gasteiger partial charge in [0.05, 0.1) is 13.7 Å². The van der Waals surface area contributed by atoms with E-state index in [9.17, 15) is 9.50 Å². The van der Waals surface area contributed by atoms with Crippen LogP contribution in [0.25, 0.3) is 0 Å². The summed E-state index contributed by atoms with van der Waals surface area (Å²) in [5, 5.41) is 14.2. The Hall–Kier alpha value is -2.90. The first-order valence-electron chi connectivity index (χ1n) is 10.4. The minimum Gasteiger partial charge on any atom is -0.504 e. The van der Waals surface area contributed by atoms with Crippen LogP contribution in [0.1, 0.15) is 42.2 Å². The maximum Gasteiger partial charge on any atom is 0.162 e. The lowest BCUT2D eigenvalue weighted by atomic mass is 9.93. The molecule has 0 radical (unpaired) electrons. The Morgan fingerprint density at radius 3 is 2.62 bits per heavy atom. The molecule has 7 heteroatoms. The van der Waals surface area contributed by atoms with Crippen LogP contribution in [0.15, 0.2) is 70.1 Å². The van der Waals surface area contributed by atoms with E-state index in [2.05, 4.69) is 21.2 Å². The number of hydrogen-bond acceptors (Lipinski definition) is 5. The van der Waals surface area contributed by atoms with Crippen LogP contribution in [-0.4, -0.2) is 24.5 Å². The van der Waals surface area contributed by atoms with Gasteiger partial charge in [-0.2, -0.15) is 0 Å². The third-order valence-corrected chi connectivity index (χ3v) is 5.92. The maximum atomic E-state index is 14.7. The van der Waals surface area contributed by atoms with Crippen molar-refractivity contribution in [2.75, 3.05) is 13.7 Å². The van der Waals surface area contributed by atoms with Crippen molar-refractivity contribution in [2.45, 2.75) is 25.6 Å². The highest BCUT2D eigenvalue weighted by Crippen LogP contribution is 2.39. The highest BCUT2D eigenvalue weighted by atomic mass is 79.9. The zero-order valence-corrected chi connectivity index (χ0v) is 19.4. The molecule has 2 atom stereocenters. The van der Waals surface area contributed by atoms with Crippen molar-refractivity contribution in [1.82, 2.24) is 5.32 Å². The van der Waals surface area contributed by atoms with Crippen molar-refractivity contribution in [2.24, 2.45) is 4.99 Å². The molecule has 1 aliphatic heterocycles. The van der Waals surface area contributed by atoms with Gasteiger partial charge in [-0.25, -0.2) is 4.39 Å². The average Bonchev–Trinajstić information content (AvgIpc) is 2.82. The summed E-state index contributed by atoms with van der Waals surface area (Å²) in [6.07, 6.45) is -0.111. The summed E-state index contributed by atoms with van der Waals surface area (Å²) < 4.78 is 26.3. The second-order valence-corrected chi connectivity index (χ2v) is 8.34. The molecule has 1 heterocycles. The van der Waals surface area contributed by atoms with E-state index in [1.807, 2.05) is 43.3 Å². The molecule has 3 aromatic carbocycles. The Balaban J connectivity index is 1.78. The van der Waals surface area contributed by atoms with E-state index in [4.69, 9.17) is 14.5 Å². The van der Waals surface area contributed by atoms with Crippen molar-refractivity contribution >= 4 is 21.6 Å². The Bertz CT molecular complexity index is 1130. The average molecular weight is 499 g/mol. The molecule has 0 amide bonds. The number of methoxy groups -OCH3 is 1. The van der Waals surface area contributed by atoms with Gasteiger partial charge in [0.15, 0.2) is 11.5 Å². The maximum absolute atomic E-state index is 14.7. The van der Waals surface area contributed by atoms with E-state index in [1.165, 1.54) is 6.07 Å². The van der Waals surface area contributed by atoms with E-state index in [0.717, 1.165) is 21.5 Å². The molecule has 0 bridgehead atoms. The second-order valence-electron chi connectivity index (χ2n) is 7.42. The van der Waals surface area contributed by atoms with Crippen molar-refractivity contribution in [3.63, 3.8) is 0 Å². The van der Waals surface area contributed by atoms with Crippen LogP contribution < -0.4 is 14.8 Å². The first-order valence-corrected chi connectivity index (χ1v) is 11.2. The summed E-state index contributed by atoms with van der Waals surface area (Å²) in [6.45, 7) is 2.31. The monoisotopic (exact) mass is 498 g/mol. The topological polar surface area (TPSA) is 63.1 Å². The molecule has 0 unspecified atom stereocenters. The minimum atomic E-state index is -0.626. The predicted octanol–water partition coefficient (Wildman–Crippen LogP) is 5.92. The zero-order chi connectivity index (χ0) is 22.7. The number of aromatic hydroxyl groups is 1. The van der Waals surface area contributed by atoms with Gasteiger partial charge >= 0.3 is 0 Å². The van der Waals surface area contributed by atoms with Crippen LogP contribution >= 0.6 is 15.9 Å². The highest BCUT2D eigenvalue weighted by molar-refractivity contribution is 9.10. The lowest BCUT2D eigenvalue weighted by Crippen LogP contribution is -2.33. The van der Waals surface area contributed by atoms with Crippen molar-refractivity contribution in [1.29, 1.82) is 0 Å². The summed E-state index contributed by atoms with van der Waals surface area (Å²) in [7, 11) is 1.62. The van der Waals surface area contributed by atoms with E-state index in [0.29, 0.717) is 29.9 Å². The third-order valence-electron chi connectivity index (χ3n) is 5.42. The van der Waals surface area contributed by atoms with Crippen molar-refractivity contribution < 1.29 is 19.0 Å². The molecule has 5 nitrogen and oxygen atoms in total. The zero-order valence-electron chi connectivity index (χ0n) is 17.8. The quantitative estimate of drug-likeness (QED) is 0.442. The molecule has 0 aromatic heterocycles. The lowest BCUT2D eigenvalue weighted by Gasteiger charge is -2.31. The summed E-state index contributed by atoms with van der Waals surface area (Å²) in [5.74, 6) is 0.898. The van der Waals surface area contributed by atoms with Crippen LogP contribution in [0.5, 0.6) is 17.2 Å². The molecular weight excluding hydrogens is 475 g/mol. The van der Waals surface area contributed by atoms with Gasteiger partial charge in [0.1, 0.15) is 17.7 Å². The number of hydrogen-bond donors (Lipinski definition) is 2. The highest BCUT2D eigenvalue weighted by Gasteiger charge is 2.30. The number of phenols is 1. The minimum absolute atomic E-state index is 0.0799. The lowest BCUT2D eigenvalue weighted by molar-refractivity contribution is 0.313. The molecule has 0 fully saturated rings. The number of phenolic OH excluding ortho intramolecular Hbond substituents is 1. The third kappa shape index (κ3) is 4.64. The Morgan fingerprint density at radius 2 is 1.91 bits per heavy atom. The number of benzene rings is 3. The standard InChI is InChI=1S/C25H24BrFN2O3/c1-3-32-23-6-4-5-18(24(23)30)22-14-21(15-7-10-17(31-2)11-8-15)28-25(29-22)19-13-16(26)9-12-20(19)27/h4-13,22,25,29-30H,3,14H2,1-2H3/t22-,25+/m1/s1. The van der Waals surface area contributed by atoms with Gasteiger partial charge in [-0.1, -0.05) is 28.1 Å². The van der Waals surface area contributed by atoms with Crippen LogP contribution in [-0.2, 0) is 0 Å². The van der Waals surface area contributed by atoms with Crippen molar-refractivity contribution in [3.8, 4) is 17.2 Å². The Labute approximate surface area is 195 Å². The number of nitrogens with zero attached hydrogens (tertiary/aromatic N) is 1. The van der Waals surface area contributed by atoms with Gasteiger partial charge in [0.2, 0.25) is 0 Å². The molecule has 2 N–H and O–H groups in total. The molecule has 32 heavy (non-hydrogen) atoms. The summed E-state index contributed by atoms with van der Waals surface area (Å²) >= 11 is 3.42. The van der Waals surface area contributed by atoms with Gasteiger partial charge in [-0.05, 0) is 61.0 Å². The number of halogens is 2. The molecule has 166 valence electrons. The van der Waals surface area contributed by atoms with Crippen LogP contribution in [0.4, 0.5) is 4.39 Å². The Kier molecular flexibility index (Phi) is 6.77. The van der Waals surface area contributed by atoms with Gasteiger partial charge in [0, 0.05) is 33.8 Å². The molecule has 3 aromatic rings. The van der Waals surface area contributed by atoms with E-state index >= 15 is 0 Å². The number of ether oxygens (including phenoxy) is 2. The molecule has 0 aliphatic carbocycles. The fourth-order valence-corrected chi connectivity index (χ4v) is 4.22. The smallest absolute Gasteiger partial charge is 0.162 e. The summed E-state index contributed by atoms with van der Waals surface area (Å²) in [5.41, 5.74) is 2.83. The molecule has 0 spiro atoms. The van der Waals surface area contributed by atoms with E-state index < -0.39 is 6.17 Å². The van der Waals surface area contributed by atoms with Crippen LogP contribution in [0.2, 0.25) is 0 Å². The molecule has 1 aliphatic rings. The predicted molar refractivity (Wildman–Crippen MR) is 126 cm³/mol. The SMILES string of the molecule is CCOc1cccc([C@H]2CC(c3ccc(OC)cc3)=N[C@H](c3cc(Br)ccc3F)N2)c1O. The van der Waals surface area contributed by atoms with Gasteiger partial charge < -0.3 is 14.6 Å². The second kappa shape index (κ2) is 9.71. The van der Waals surface area contributed by atoms with Crippen LogP contribution in [0.3, 0.4) is 0 Å². The summed E-state index contributed by atoms with van der Waals surface area (Å²) in [4.78, 5) is 4.83. The van der Waals surface area contributed by atoms with Crippen molar-refractivity contribution in [3.05, 3.63) is 87.6 Å². The largest absolute Gasteiger partial charge is 0.504 e. The normalized spacial score (nSPS) is 18.2. The molecule has 0 saturated carbocycles. The number of para-hydroxylation sites is 1. The van der Waals surface area contributed by atoms with Gasteiger partial charge in [0.25, 0.3) is 0 Å².